The monoisotopic (exact) mass is 352 g/mol. The number of benzene rings is 1. The molecule has 1 aliphatic rings. The molecular formula is C18H16N4O2S. The summed E-state index contributed by atoms with van der Waals surface area (Å²) in [5.74, 6) is 0.461. The van der Waals surface area contributed by atoms with E-state index in [0.29, 0.717) is 17.1 Å². The molecular weight excluding hydrogens is 336 g/mol. The number of carbonyl (C=O) groups is 2. The van der Waals surface area contributed by atoms with Crippen molar-refractivity contribution in [3.05, 3.63) is 54.2 Å². The highest BCUT2D eigenvalue weighted by molar-refractivity contribution is 7.99. The molecule has 1 saturated heterocycles. The first-order valence-corrected chi connectivity index (χ1v) is 9.07. The number of thioether (sulfide) groups is 1. The Morgan fingerprint density at radius 1 is 1.12 bits per heavy atom. The molecule has 1 aromatic carbocycles. The van der Waals surface area contributed by atoms with Gasteiger partial charge >= 0.3 is 0 Å². The number of ketones is 1. The number of hydrogen-bond acceptors (Lipinski definition) is 5. The average molecular weight is 352 g/mol. The third kappa shape index (κ3) is 3.15. The maximum atomic E-state index is 12.4. The molecule has 3 heterocycles. The third-order valence-electron chi connectivity index (χ3n) is 4.19. The summed E-state index contributed by atoms with van der Waals surface area (Å²) in [6, 6.07) is 12.9. The highest BCUT2D eigenvalue weighted by Gasteiger charge is 2.21. The molecule has 2 aromatic heterocycles. The number of aromatic nitrogens is 3. The maximum Gasteiger partial charge on any atom is 0.227 e. The number of amides is 1. The SMILES string of the molecule is O=C(CSc1nnc2ccccn12)c1ccc(N2CCCC2=O)cc1. The number of Topliss-reactive ketones (excluding diaryl/α,β-unsaturated/α-hetero) is 1. The lowest BCUT2D eigenvalue weighted by Gasteiger charge is -2.15. The number of rotatable bonds is 5. The van der Waals surface area contributed by atoms with Gasteiger partial charge in [-0.3, -0.25) is 14.0 Å². The van der Waals surface area contributed by atoms with Crippen LogP contribution in [0.3, 0.4) is 0 Å². The topological polar surface area (TPSA) is 67.6 Å². The molecule has 0 aliphatic carbocycles. The number of nitrogens with zero attached hydrogens (tertiary/aromatic N) is 4. The van der Waals surface area contributed by atoms with Gasteiger partial charge in [0.25, 0.3) is 0 Å². The van der Waals surface area contributed by atoms with E-state index in [4.69, 9.17) is 0 Å². The first-order valence-electron chi connectivity index (χ1n) is 8.08. The normalized spacial score (nSPS) is 14.4. The van der Waals surface area contributed by atoms with Gasteiger partial charge in [0.05, 0.1) is 5.75 Å². The fraction of sp³-hybridized carbons (Fsp3) is 0.222. The summed E-state index contributed by atoms with van der Waals surface area (Å²) in [6.45, 7) is 0.752. The van der Waals surface area contributed by atoms with Crippen molar-refractivity contribution in [1.29, 1.82) is 0 Å². The third-order valence-corrected chi connectivity index (χ3v) is 5.13. The second kappa shape index (κ2) is 6.68. The van der Waals surface area contributed by atoms with Gasteiger partial charge in [-0.05, 0) is 42.8 Å². The van der Waals surface area contributed by atoms with Crippen molar-refractivity contribution in [2.24, 2.45) is 0 Å². The average Bonchev–Trinajstić information content (AvgIpc) is 3.26. The molecule has 3 aromatic rings. The zero-order valence-electron chi connectivity index (χ0n) is 13.5. The summed E-state index contributed by atoms with van der Waals surface area (Å²) in [5, 5.41) is 8.89. The van der Waals surface area contributed by atoms with E-state index in [9.17, 15) is 9.59 Å². The first-order chi connectivity index (χ1) is 12.2. The van der Waals surface area contributed by atoms with Gasteiger partial charge in [0.2, 0.25) is 5.91 Å². The van der Waals surface area contributed by atoms with Crippen molar-refractivity contribution in [2.45, 2.75) is 18.0 Å². The quantitative estimate of drug-likeness (QED) is 0.522. The molecule has 126 valence electrons. The summed E-state index contributed by atoms with van der Waals surface area (Å²) in [6.07, 6.45) is 3.37. The summed E-state index contributed by atoms with van der Waals surface area (Å²) >= 11 is 1.36. The van der Waals surface area contributed by atoms with Crippen molar-refractivity contribution in [3.63, 3.8) is 0 Å². The number of fused-ring (bicyclic) bond motifs is 1. The van der Waals surface area contributed by atoms with Crippen molar-refractivity contribution in [3.8, 4) is 0 Å². The Hall–Kier alpha value is -2.67. The van der Waals surface area contributed by atoms with E-state index in [1.54, 1.807) is 17.0 Å². The van der Waals surface area contributed by atoms with Gasteiger partial charge in [0, 0.05) is 30.4 Å². The smallest absolute Gasteiger partial charge is 0.227 e. The predicted octanol–water partition coefficient (Wildman–Crippen LogP) is 2.83. The van der Waals surface area contributed by atoms with Crippen molar-refractivity contribution < 1.29 is 9.59 Å². The minimum absolute atomic E-state index is 0.0250. The fourth-order valence-electron chi connectivity index (χ4n) is 2.88. The highest BCUT2D eigenvalue weighted by atomic mass is 32.2. The van der Waals surface area contributed by atoms with Crippen LogP contribution in [0.4, 0.5) is 5.69 Å². The van der Waals surface area contributed by atoms with E-state index in [0.717, 1.165) is 24.3 Å². The Morgan fingerprint density at radius 3 is 2.72 bits per heavy atom. The summed E-state index contributed by atoms with van der Waals surface area (Å²) < 4.78 is 1.86. The van der Waals surface area contributed by atoms with E-state index >= 15 is 0 Å². The van der Waals surface area contributed by atoms with Gasteiger partial charge in [-0.2, -0.15) is 0 Å². The standard InChI is InChI=1S/C18H16N4O2S/c23-15(12-25-18-20-19-16-4-1-2-10-22(16)18)13-6-8-14(9-7-13)21-11-3-5-17(21)24/h1-2,4,6-10H,3,5,11-12H2. The molecule has 1 amide bonds. The number of pyridine rings is 1. The Kier molecular flexibility index (Phi) is 4.23. The molecule has 6 nitrogen and oxygen atoms in total. The molecule has 0 radical (unpaired) electrons. The van der Waals surface area contributed by atoms with Crippen LogP contribution in [0.25, 0.3) is 5.65 Å². The largest absolute Gasteiger partial charge is 0.312 e. The number of hydrogen-bond donors (Lipinski definition) is 0. The maximum absolute atomic E-state index is 12.4. The lowest BCUT2D eigenvalue weighted by Crippen LogP contribution is -2.23. The van der Waals surface area contributed by atoms with Gasteiger partial charge in [0.1, 0.15) is 0 Å². The molecule has 4 rings (SSSR count). The second-order valence-corrected chi connectivity index (χ2v) is 6.76. The lowest BCUT2D eigenvalue weighted by atomic mass is 10.1. The van der Waals surface area contributed by atoms with Gasteiger partial charge in [0.15, 0.2) is 16.6 Å². The van der Waals surface area contributed by atoms with Crippen molar-refractivity contribution in [1.82, 2.24) is 14.6 Å². The van der Waals surface area contributed by atoms with E-state index in [1.165, 1.54) is 11.8 Å². The molecule has 0 saturated carbocycles. The minimum Gasteiger partial charge on any atom is -0.312 e. The van der Waals surface area contributed by atoms with Crippen molar-refractivity contribution in [2.75, 3.05) is 17.2 Å². The summed E-state index contributed by atoms with van der Waals surface area (Å²) in [7, 11) is 0. The van der Waals surface area contributed by atoms with Crippen LogP contribution in [-0.2, 0) is 4.79 Å². The molecule has 0 bridgehead atoms. The van der Waals surface area contributed by atoms with Crippen LogP contribution in [0.5, 0.6) is 0 Å². The molecule has 7 heteroatoms. The van der Waals surface area contributed by atoms with E-state index < -0.39 is 0 Å². The molecule has 1 fully saturated rings. The van der Waals surface area contributed by atoms with Crippen molar-refractivity contribution >= 4 is 34.8 Å². The first kappa shape index (κ1) is 15.8. The van der Waals surface area contributed by atoms with Crippen LogP contribution in [-0.4, -0.2) is 38.6 Å². The van der Waals surface area contributed by atoms with Gasteiger partial charge < -0.3 is 4.90 Å². The van der Waals surface area contributed by atoms with E-state index in [-0.39, 0.29) is 17.4 Å². The lowest BCUT2D eigenvalue weighted by molar-refractivity contribution is -0.117. The Bertz CT molecular complexity index is 936. The van der Waals surface area contributed by atoms with Gasteiger partial charge in [-0.1, -0.05) is 17.8 Å². The zero-order valence-corrected chi connectivity index (χ0v) is 14.3. The van der Waals surface area contributed by atoms with Crippen LogP contribution in [0.2, 0.25) is 0 Å². The molecule has 0 atom stereocenters. The van der Waals surface area contributed by atoms with Crippen LogP contribution < -0.4 is 4.90 Å². The molecule has 0 unspecified atom stereocenters. The summed E-state index contributed by atoms with van der Waals surface area (Å²) in [4.78, 5) is 26.0. The molecule has 25 heavy (non-hydrogen) atoms. The number of carbonyl (C=O) groups excluding carboxylic acids is 2. The zero-order chi connectivity index (χ0) is 17.2. The Balaban J connectivity index is 1.43. The fourth-order valence-corrected chi connectivity index (χ4v) is 3.70. The van der Waals surface area contributed by atoms with E-state index in [1.807, 2.05) is 40.9 Å². The van der Waals surface area contributed by atoms with Crippen LogP contribution in [0.15, 0.2) is 53.8 Å². The second-order valence-electron chi connectivity index (χ2n) is 5.82. The summed E-state index contributed by atoms with van der Waals surface area (Å²) in [5.41, 5.74) is 2.25. The Labute approximate surface area is 148 Å². The predicted molar refractivity (Wildman–Crippen MR) is 96.1 cm³/mol. The van der Waals surface area contributed by atoms with E-state index in [2.05, 4.69) is 10.2 Å². The molecule has 1 aliphatic heterocycles. The molecule has 0 N–H and O–H groups in total. The Morgan fingerprint density at radius 2 is 1.96 bits per heavy atom. The van der Waals surface area contributed by atoms with Crippen LogP contribution in [0, 0.1) is 0 Å². The highest BCUT2D eigenvalue weighted by Crippen LogP contribution is 2.23. The van der Waals surface area contributed by atoms with Gasteiger partial charge in [-0.15, -0.1) is 10.2 Å². The minimum atomic E-state index is 0.0250. The van der Waals surface area contributed by atoms with Crippen LogP contribution in [0.1, 0.15) is 23.2 Å². The molecule has 0 spiro atoms. The van der Waals surface area contributed by atoms with Gasteiger partial charge in [-0.25, -0.2) is 0 Å². The number of anilines is 1. The van der Waals surface area contributed by atoms with Crippen LogP contribution >= 0.6 is 11.8 Å².